The number of pyridine rings is 2. The maximum absolute atomic E-state index is 4.87. The molecule has 0 aliphatic carbocycles. The Morgan fingerprint density at radius 3 is 1.50 bits per heavy atom. The minimum atomic E-state index is -0.264. The van der Waals surface area contributed by atoms with E-state index in [1.165, 1.54) is 77.2 Å². The van der Waals surface area contributed by atoms with Crippen LogP contribution in [0.3, 0.4) is 0 Å². The van der Waals surface area contributed by atoms with E-state index in [1.807, 2.05) is 30.6 Å². The monoisotopic (exact) mass is 691 g/mol. The van der Waals surface area contributed by atoms with Crippen LogP contribution in [0, 0.1) is 0 Å². The first-order valence-electron chi connectivity index (χ1n) is 18.6. The molecule has 0 saturated carbocycles. The van der Waals surface area contributed by atoms with Crippen LogP contribution in [0.2, 0.25) is 0 Å². The molecule has 0 saturated heterocycles. The van der Waals surface area contributed by atoms with E-state index >= 15 is 0 Å². The number of hydrogen-bond donors (Lipinski definition) is 0. The number of anilines is 3. The zero-order valence-electron chi connectivity index (χ0n) is 30.2. The third-order valence-corrected chi connectivity index (χ3v) is 11.2. The quantitative estimate of drug-likeness (QED) is 0.180. The molecule has 9 aromatic rings. The van der Waals surface area contributed by atoms with Gasteiger partial charge in [0.25, 0.3) is 0 Å². The van der Waals surface area contributed by atoms with Gasteiger partial charge in [0.2, 0.25) is 0 Å². The lowest BCUT2D eigenvalue weighted by Crippen LogP contribution is -2.31. The summed E-state index contributed by atoms with van der Waals surface area (Å²) >= 11 is 0. The van der Waals surface area contributed by atoms with Gasteiger partial charge in [0.15, 0.2) is 0 Å². The first kappa shape index (κ1) is 31.9. The van der Waals surface area contributed by atoms with Crippen molar-refractivity contribution in [2.24, 2.45) is 0 Å². The summed E-state index contributed by atoms with van der Waals surface area (Å²) in [5.74, 6) is 1.79. The second-order valence-electron chi connectivity index (χ2n) is 14.6. The molecule has 0 N–H and O–H groups in total. The zero-order valence-corrected chi connectivity index (χ0v) is 30.2. The van der Waals surface area contributed by atoms with Gasteiger partial charge >= 0.3 is 0 Å². The lowest BCUT2D eigenvalue weighted by atomic mass is 9.74. The minimum Gasteiger partial charge on any atom is -0.278 e. The van der Waals surface area contributed by atoms with Gasteiger partial charge in [-0.15, -0.1) is 0 Å². The van der Waals surface area contributed by atoms with Crippen molar-refractivity contribution in [2.75, 3.05) is 4.90 Å². The summed E-state index contributed by atoms with van der Waals surface area (Å²) in [5.41, 5.74) is 13.0. The van der Waals surface area contributed by atoms with Crippen LogP contribution in [-0.2, 0) is 5.41 Å². The Balaban J connectivity index is 1.08. The second-order valence-corrected chi connectivity index (χ2v) is 14.6. The SMILES string of the molecule is CC1(C)c2cc(-c3ccc(-c4cccc(-c5ccc(-c6ccccc6)c6ccccc56)c4)c4ccccc34)ccc2N(c2ccccn2)c2ncccc21. The van der Waals surface area contributed by atoms with Gasteiger partial charge in [0.1, 0.15) is 11.6 Å². The molecule has 1 aliphatic rings. The molecule has 0 unspecified atom stereocenters. The standard InChI is InChI=1S/C51H37N3/c1-51(2)46-22-13-31-53-50(46)54(49-23-10-11-30-52-49)48-29-24-37(33-47(48)51)41-28-27-40(44-20-8-9-21-45(41)44)36-17-12-16-35(32-36)39-26-25-38(34-14-4-3-5-15-34)42-18-6-7-19-43(39)42/h3-33H,1-2H3. The van der Waals surface area contributed by atoms with E-state index < -0.39 is 0 Å². The summed E-state index contributed by atoms with van der Waals surface area (Å²) in [6.45, 7) is 4.61. The van der Waals surface area contributed by atoms with Gasteiger partial charge < -0.3 is 0 Å². The van der Waals surface area contributed by atoms with Gasteiger partial charge in [-0.05, 0) is 108 Å². The molecule has 0 bridgehead atoms. The van der Waals surface area contributed by atoms with Crippen molar-refractivity contribution in [1.82, 2.24) is 9.97 Å². The first-order valence-corrected chi connectivity index (χ1v) is 18.6. The predicted molar refractivity (Wildman–Crippen MR) is 226 cm³/mol. The summed E-state index contributed by atoms with van der Waals surface area (Å²) in [6, 6.07) is 63.6. The third kappa shape index (κ3) is 5.12. The van der Waals surface area contributed by atoms with Crippen molar-refractivity contribution in [3.8, 4) is 44.5 Å². The molecule has 256 valence electrons. The summed E-state index contributed by atoms with van der Waals surface area (Å²) < 4.78 is 0. The summed E-state index contributed by atoms with van der Waals surface area (Å²) in [7, 11) is 0. The van der Waals surface area contributed by atoms with E-state index in [0.29, 0.717) is 0 Å². The van der Waals surface area contributed by atoms with E-state index in [4.69, 9.17) is 9.97 Å². The van der Waals surface area contributed by atoms with Crippen LogP contribution >= 0.6 is 0 Å². The Morgan fingerprint density at radius 1 is 0.389 bits per heavy atom. The first-order chi connectivity index (χ1) is 26.6. The van der Waals surface area contributed by atoms with Crippen molar-refractivity contribution >= 4 is 38.9 Å². The van der Waals surface area contributed by atoms with E-state index in [9.17, 15) is 0 Å². The van der Waals surface area contributed by atoms with Crippen LogP contribution in [0.4, 0.5) is 17.3 Å². The maximum Gasteiger partial charge on any atom is 0.142 e. The van der Waals surface area contributed by atoms with Gasteiger partial charge in [0, 0.05) is 23.4 Å². The van der Waals surface area contributed by atoms with E-state index in [1.54, 1.807) is 0 Å². The molecule has 0 spiro atoms. The second kappa shape index (κ2) is 12.7. The van der Waals surface area contributed by atoms with E-state index in [-0.39, 0.29) is 5.41 Å². The highest BCUT2D eigenvalue weighted by atomic mass is 15.2. The number of nitrogens with zero attached hydrogens (tertiary/aromatic N) is 3. The highest BCUT2D eigenvalue weighted by molar-refractivity contribution is 6.07. The summed E-state index contributed by atoms with van der Waals surface area (Å²) in [5, 5.41) is 4.98. The Bertz CT molecular complexity index is 2860. The summed E-state index contributed by atoms with van der Waals surface area (Å²) in [4.78, 5) is 11.8. The molecule has 3 heterocycles. The van der Waals surface area contributed by atoms with Crippen LogP contribution in [0.5, 0.6) is 0 Å². The van der Waals surface area contributed by atoms with Gasteiger partial charge in [0.05, 0.1) is 5.69 Å². The fourth-order valence-corrected chi connectivity index (χ4v) is 8.52. The van der Waals surface area contributed by atoms with Crippen molar-refractivity contribution in [3.63, 3.8) is 0 Å². The molecule has 0 atom stereocenters. The van der Waals surface area contributed by atoms with Crippen LogP contribution in [0.1, 0.15) is 25.0 Å². The Kier molecular flexibility index (Phi) is 7.48. The number of benzene rings is 7. The molecule has 2 aromatic heterocycles. The fourth-order valence-electron chi connectivity index (χ4n) is 8.52. The van der Waals surface area contributed by atoms with Gasteiger partial charge in [-0.3, -0.25) is 4.90 Å². The van der Waals surface area contributed by atoms with Crippen LogP contribution in [-0.4, -0.2) is 9.97 Å². The number of fused-ring (bicyclic) bond motifs is 4. The fraction of sp³-hybridized carbons (Fsp3) is 0.0588. The van der Waals surface area contributed by atoms with Crippen LogP contribution in [0.15, 0.2) is 188 Å². The highest BCUT2D eigenvalue weighted by Gasteiger charge is 2.38. The van der Waals surface area contributed by atoms with Crippen molar-refractivity contribution in [1.29, 1.82) is 0 Å². The van der Waals surface area contributed by atoms with Crippen molar-refractivity contribution in [3.05, 3.63) is 199 Å². The Labute approximate surface area is 315 Å². The minimum absolute atomic E-state index is 0.264. The number of hydrogen-bond acceptors (Lipinski definition) is 3. The average Bonchev–Trinajstić information content (AvgIpc) is 3.24. The lowest BCUT2D eigenvalue weighted by Gasteiger charge is -2.40. The van der Waals surface area contributed by atoms with E-state index in [2.05, 4.69) is 176 Å². The average molecular weight is 692 g/mol. The molecule has 0 radical (unpaired) electrons. The molecule has 7 aromatic carbocycles. The van der Waals surface area contributed by atoms with Gasteiger partial charge in [-0.25, -0.2) is 9.97 Å². The largest absolute Gasteiger partial charge is 0.278 e. The highest BCUT2D eigenvalue weighted by Crippen LogP contribution is 2.52. The normalized spacial score (nSPS) is 13.1. The van der Waals surface area contributed by atoms with E-state index in [0.717, 1.165) is 17.3 Å². The molecule has 3 nitrogen and oxygen atoms in total. The maximum atomic E-state index is 4.87. The molecule has 0 fully saturated rings. The number of aromatic nitrogens is 2. The molecular formula is C51H37N3. The molecule has 1 aliphatic heterocycles. The van der Waals surface area contributed by atoms with Gasteiger partial charge in [-0.2, -0.15) is 0 Å². The smallest absolute Gasteiger partial charge is 0.142 e. The topological polar surface area (TPSA) is 29.0 Å². The predicted octanol–water partition coefficient (Wildman–Crippen LogP) is 13.6. The third-order valence-electron chi connectivity index (χ3n) is 11.2. The van der Waals surface area contributed by atoms with Crippen molar-refractivity contribution in [2.45, 2.75) is 19.3 Å². The van der Waals surface area contributed by atoms with Crippen molar-refractivity contribution < 1.29 is 0 Å². The van der Waals surface area contributed by atoms with Crippen LogP contribution < -0.4 is 4.90 Å². The Hall–Kier alpha value is -6.84. The molecule has 10 rings (SSSR count). The molecule has 3 heteroatoms. The van der Waals surface area contributed by atoms with Gasteiger partial charge in [-0.1, -0.05) is 153 Å². The molecular weight excluding hydrogens is 655 g/mol. The summed E-state index contributed by atoms with van der Waals surface area (Å²) in [6.07, 6.45) is 3.72. The zero-order chi connectivity index (χ0) is 36.2. The lowest BCUT2D eigenvalue weighted by molar-refractivity contribution is 0.627. The number of rotatable bonds is 5. The molecule has 0 amide bonds. The van der Waals surface area contributed by atoms with Crippen LogP contribution in [0.25, 0.3) is 66.1 Å². The Morgan fingerprint density at radius 2 is 0.907 bits per heavy atom. The molecule has 54 heavy (non-hydrogen) atoms.